The maximum atomic E-state index is 12.7. The van der Waals surface area contributed by atoms with Crippen LogP contribution in [0, 0.1) is 6.92 Å². The van der Waals surface area contributed by atoms with Crippen LogP contribution in [0.2, 0.25) is 0 Å². The van der Waals surface area contributed by atoms with Crippen LogP contribution in [0.5, 0.6) is 5.75 Å². The van der Waals surface area contributed by atoms with E-state index in [1.54, 1.807) is 55.5 Å². The number of anilines is 3. The molecule has 0 radical (unpaired) electrons. The number of nitrogens with zero attached hydrogens (tertiary/aromatic N) is 2. The van der Waals surface area contributed by atoms with E-state index in [1.165, 1.54) is 14.0 Å². The van der Waals surface area contributed by atoms with E-state index in [0.29, 0.717) is 28.4 Å². The van der Waals surface area contributed by atoms with Crippen LogP contribution in [0.4, 0.5) is 17.3 Å². The van der Waals surface area contributed by atoms with Gasteiger partial charge in [0.15, 0.2) is 5.78 Å². The summed E-state index contributed by atoms with van der Waals surface area (Å²) in [6.45, 7) is 3.28. The van der Waals surface area contributed by atoms with Crippen molar-refractivity contribution in [2.24, 2.45) is 0 Å². The number of carbonyl (C=O) groups excluding carboxylic acids is 2. The first-order valence-electron chi connectivity index (χ1n) is 8.64. The highest BCUT2D eigenvalue weighted by Gasteiger charge is 2.13. The fourth-order valence-corrected chi connectivity index (χ4v) is 2.62. The Morgan fingerprint density at radius 3 is 2.54 bits per heavy atom. The highest BCUT2D eigenvalue weighted by molar-refractivity contribution is 6.04. The molecule has 0 saturated heterocycles. The molecular weight excluding hydrogens is 356 g/mol. The highest BCUT2D eigenvalue weighted by atomic mass is 16.5. The quantitative estimate of drug-likeness (QED) is 0.632. The maximum absolute atomic E-state index is 12.7. The molecule has 142 valence electrons. The minimum absolute atomic E-state index is 0.0364. The molecular formula is C21H20N4O3. The normalized spacial score (nSPS) is 10.2. The summed E-state index contributed by atoms with van der Waals surface area (Å²) >= 11 is 0. The van der Waals surface area contributed by atoms with Crippen molar-refractivity contribution in [1.29, 1.82) is 0 Å². The molecule has 1 heterocycles. The summed E-state index contributed by atoms with van der Waals surface area (Å²) in [5.74, 6) is 0.410. The molecule has 7 nitrogen and oxygen atoms in total. The molecule has 3 aromatic rings. The molecule has 0 bridgehead atoms. The van der Waals surface area contributed by atoms with Gasteiger partial charge in [-0.05, 0) is 44.2 Å². The van der Waals surface area contributed by atoms with Crippen molar-refractivity contribution in [3.63, 3.8) is 0 Å². The lowest BCUT2D eigenvalue weighted by Gasteiger charge is -2.11. The van der Waals surface area contributed by atoms with Crippen molar-refractivity contribution in [3.05, 3.63) is 71.5 Å². The van der Waals surface area contributed by atoms with Gasteiger partial charge in [-0.2, -0.15) is 0 Å². The molecule has 0 saturated carbocycles. The summed E-state index contributed by atoms with van der Waals surface area (Å²) in [4.78, 5) is 32.8. The van der Waals surface area contributed by atoms with E-state index in [-0.39, 0.29) is 23.3 Å². The molecule has 7 heteroatoms. The standard InChI is InChI=1S/C21H20N4O3/c1-13-11-18(20(27)24-17-9-4-5-10-19(17)28-3)25-21(22-13)23-16-8-6-7-15(12-16)14(2)26/h4-12H,1-3H3,(H,24,27)(H,22,23,25). The monoisotopic (exact) mass is 376 g/mol. The predicted molar refractivity (Wildman–Crippen MR) is 107 cm³/mol. The minimum atomic E-state index is -0.379. The number of ether oxygens (including phenoxy) is 1. The van der Waals surface area contributed by atoms with Gasteiger partial charge in [0.2, 0.25) is 5.95 Å². The van der Waals surface area contributed by atoms with Crippen molar-refractivity contribution in [2.45, 2.75) is 13.8 Å². The first-order chi connectivity index (χ1) is 13.5. The third kappa shape index (κ3) is 4.50. The number of carbonyl (C=O) groups is 2. The number of amides is 1. The van der Waals surface area contributed by atoms with Crippen molar-refractivity contribution in [3.8, 4) is 5.75 Å². The Labute approximate surface area is 162 Å². The number of hydrogen-bond donors (Lipinski definition) is 2. The van der Waals surface area contributed by atoms with Gasteiger partial charge in [0.05, 0.1) is 12.8 Å². The zero-order chi connectivity index (χ0) is 20.1. The smallest absolute Gasteiger partial charge is 0.274 e. The average molecular weight is 376 g/mol. The SMILES string of the molecule is COc1ccccc1NC(=O)c1cc(C)nc(Nc2cccc(C(C)=O)c2)n1. The van der Waals surface area contributed by atoms with Crippen molar-refractivity contribution < 1.29 is 14.3 Å². The van der Waals surface area contributed by atoms with E-state index in [2.05, 4.69) is 20.6 Å². The van der Waals surface area contributed by atoms with Gasteiger partial charge in [-0.1, -0.05) is 24.3 Å². The third-order valence-electron chi connectivity index (χ3n) is 3.97. The summed E-state index contributed by atoms with van der Waals surface area (Å²) in [6.07, 6.45) is 0. The van der Waals surface area contributed by atoms with Crippen LogP contribution in [-0.4, -0.2) is 28.8 Å². The number of aryl methyl sites for hydroxylation is 1. The second-order valence-electron chi connectivity index (χ2n) is 6.13. The summed E-state index contributed by atoms with van der Waals surface area (Å²) in [6, 6.07) is 15.7. The van der Waals surface area contributed by atoms with Crippen LogP contribution in [-0.2, 0) is 0 Å². The van der Waals surface area contributed by atoms with Gasteiger partial charge in [0, 0.05) is 16.9 Å². The molecule has 1 aromatic heterocycles. The van der Waals surface area contributed by atoms with Gasteiger partial charge in [-0.3, -0.25) is 9.59 Å². The number of para-hydroxylation sites is 2. The van der Waals surface area contributed by atoms with E-state index in [4.69, 9.17) is 4.74 Å². The number of hydrogen-bond acceptors (Lipinski definition) is 6. The number of benzene rings is 2. The van der Waals surface area contributed by atoms with Crippen LogP contribution < -0.4 is 15.4 Å². The predicted octanol–water partition coefficient (Wildman–Crippen LogP) is 3.99. The van der Waals surface area contributed by atoms with Gasteiger partial charge in [0.25, 0.3) is 5.91 Å². The Morgan fingerprint density at radius 1 is 1.00 bits per heavy atom. The van der Waals surface area contributed by atoms with Crippen LogP contribution in [0.1, 0.15) is 33.5 Å². The zero-order valence-corrected chi connectivity index (χ0v) is 15.8. The van der Waals surface area contributed by atoms with E-state index in [1.807, 2.05) is 6.07 Å². The van der Waals surface area contributed by atoms with E-state index in [0.717, 1.165) is 0 Å². The average Bonchev–Trinajstić information content (AvgIpc) is 2.68. The van der Waals surface area contributed by atoms with Crippen LogP contribution in [0.3, 0.4) is 0 Å². The Morgan fingerprint density at radius 2 is 1.79 bits per heavy atom. The zero-order valence-electron chi connectivity index (χ0n) is 15.8. The molecule has 28 heavy (non-hydrogen) atoms. The lowest BCUT2D eigenvalue weighted by atomic mass is 10.1. The summed E-state index contributed by atoms with van der Waals surface area (Å²) in [5, 5.41) is 5.84. The summed E-state index contributed by atoms with van der Waals surface area (Å²) < 4.78 is 5.25. The summed E-state index contributed by atoms with van der Waals surface area (Å²) in [7, 11) is 1.54. The lowest BCUT2D eigenvalue weighted by molar-refractivity contribution is 0.101. The van der Waals surface area contributed by atoms with Gasteiger partial charge < -0.3 is 15.4 Å². The molecule has 0 aliphatic heterocycles. The van der Waals surface area contributed by atoms with E-state index in [9.17, 15) is 9.59 Å². The van der Waals surface area contributed by atoms with E-state index >= 15 is 0 Å². The number of rotatable bonds is 6. The summed E-state index contributed by atoms with van der Waals surface area (Å²) in [5.41, 5.74) is 2.63. The molecule has 0 aliphatic rings. The Hall–Kier alpha value is -3.74. The fourth-order valence-electron chi connectivity index (χ4n) is 2.62. The van der Waals surface area contributed by atoms with Gasteiger partial charge in [-0.25, -0.2) is 9.97 Å². The Balaban J connectivity index is 1.84. The van der Waals surface area contributed by atoms with Gasteiger partial charge in [-0.15, -0.1) is 0 Å². The maximum Gasteiger partial charge on any atom is 0.274 e. The first kappa shape index (κ1) is 19.0. The number of methoxy groups -OCH3 is 1. The fraction of sp³-hybridized carbons (Fsp3) is 0.143. The number of ketones is 1. The molecule has 2 aromatic carbocycles. The Kier molecular flexibility index (Phi) is 5.64. The molecule has 0 atom stereocenters. The molecule has 3 rings (SSSR count). The van der Waals surface area contributed by atoms with Crippen LogP contribution in [0.25, 0.3) is 0 Å². The molecule has 2 N–H and O–H groups in total. The van der Waals surface area contributed by atoms with Crippen LogP contribution >= 0.6 is 0 Å². The highest BCUT2D eigenvalue weighted by Crippen LogP contribution is 2.24. The number of nitrogens with one attached hydrogen (secondary N) is 2. The van der Waals surface area contributed by atoms with Gasteiger partial charge in [0.1, 0.15) is 11.4 Å². The molecule has 0 fully saturated rings. The van der Waals surface area contributed by atoms with Gasteiger partial charge >= 0.3 is 0 Å². The third-order valence-corrected chi connectivity index (χ3v) is 3.97. The largest absolute Gasteiger partial charge is 0.495 e. The second-order valence-corrected chi connectivity index (χ2v) is 6.13. The molecule has 1 amide bonds. The second kappa shape index (κ2) is 8.30. The lowest BCUT2D eigenvalue weighted by Crippen LogP contribution is -2.16. The van der Waals surface area contributed by atoms with Crippen molar-refractivity contribution in [2.75, 3.05) is 17.7 Å². The molecule has 0 unspecified atom stereocenters. The van der Waals surface area contributed by atoms with Crippen molar-refractivity contribution >= 4 is 29.0 Å². The van der Waals surface area contributed by atoms with Crippen LogP contribution in [0.15, 0.2) is 54.6 Å². The molecule has 0 aliphatic carbocycles. The van der Waals surface area contributed by atoms with E-state index < -0.39 is 0 Å². The topological polar surface area (TPSA) is 93.2 Å². The minimum Gasteiger partial charge on any atom is -0.495 e. The molecule has 0 spiro atoms. The Bertz CT molecular complexity index is 1030. The first-order valence-corrected chi connectivity index (χ1v) is 8.64. The number of Topliss-reactive ketones (excluding diaryl/α,β-unsaturated/α-hetero) is 1. The number of aromatic nitrogens is 2. The van der Waals surface area contributed by atoms with Crippen molar-refractivity contribution in [1.82, 2.24) is 9.97 Å².